The highest BCUT2D eigenvalue weighted by atomic mass is 15.0. The first-order chi connectivity index (χ1) is 37.0. The number of benzene rings is 11. The number of nitriles is 1. The molecule has 0 bridgehead atoms. The third-order valence-electron chi connectivity index (χ3n) is 16.3. The van der Waals surface area contributed by atoms with Gasteiger partial charge >= 0.3 is 0 Å². The predicted octanol–water partition coefficient (Wildman–Crippen LogP) is 19.6. The van der Waals surface area contributed by atoms with Crippen molar-refractivity contribution in [3.8, 4) is 123 Å². The van der Waals surface area contributed by atoms with E-state index in [1.165, 1.54) is 66.3 Å². The Hall–Kier alpha value is -9.29. The number of nitrogens with zero attached hydrogens (tertiary/aromatic N) is 2. The van der Waals surface area contributed by atoms with Crippen LogP contribution in [0.5, 0.6) is 0 Å². The molecule has 12 aromatic rings. The zero-order valence-corrected chi connectivity index (χ0v) is 40.7. The van der Waals surface area contributed by atoms with E-state index in [4.69, 9.17) is 0 Å². The topological polar surface area (TPSA) is 28.7 Å². The molecule has 1 aromatic heterocycles. The summed E-state index contributed by atoms with van der Waals surface area (Å²) >= 11 is 0. The summed E-state index contributed by atoms with van der Waals surface area (Å²) in [6.07, 6.45) is 3.66. The van der Waals surface area contributed by atoms with Gasteiger partial charge in [-0.3, -0.25) is 0 Å². The van der Waals surface area contributed by atoms with Crippen LogP contribution in [0.15, 0.2) is 237 Å². The van der Waals surface area contributed by atoms with Crippen LogP contribution < -0.4 is 0 Å². The van der Waals surface area contributed by atoms with Crippen LogP contribution in [-0.4, -0.2) is 4.57 Å². The van der Waals surface area contributed by atoms with E-state index in [1.807, 2.05) is 6.07 Å². The quantitative estimate of drug-likeness (QED) is 0.173. The van der Waals surface area contributed by atoms with Gasteiger partial charge in [0.2, 0.25) is 0 Å². The van der Waals surface area contributed by atoms with Crippen LogP contribution in [-0.2, 0) is 0 Å². The van der Waals surface area contributed by atoms with Crippen molar-refractivity contribution in [2.24, 2.45) is 0 Å². The first-order valence-corrected chi connectivity index (χ1v) is 26.0. The van der Waals surface area contributed by atoms with Crippen molar-refractivity contribution in [3.63, 3.8) is 0 Å². The fourth-order valence-electron chi connectivity index (χ4n) is 13.0. The molecular formula is C72H48N2. The molecule has 2 nitrogen and oxygen atoms in total. The molecule has 3 aliphatic rings. The number of para-hydroxylation sites is 2. The highest BCUT2D eigenvalue weighted by Crippen LogP contribution is 2.53. The lowest BCUT2D eigenvalue weighted by Crippen LogP contribution is -2.02. The number of hydrogen-bond acceptors (Lipinski definition) is 1. The molecule has 1 heterocycles. The fraction of sp³-hybridized carbons (Fsp3) is 0.0694. The van der Waals surface area contributed by atoms with E-state index in [1.54, 1.807) is 0 Å². The first kappa shape index (κ1) is 41.3. The molecule has 0 spiro atoms. The number of hydrogen-bond donors (Lipinski definition) is 0. The maximum atomic E-state index is 10.5. The Morgan fingerprint density at radius 2 is 0.689 bits per heavy atom. The molecule has 0 unspecified atom stereocenters. The van der Waals surface area contributed by atoms with Crippen LogP contribution in [0, 0.1) is 11.3 Å². The second-order valence-corrected chi connectivity index (χ2v) is 20.2. The van der Waals surface area contributed by atoms with Gasteiger partial charge in [0.1, 0.15) is 0 Å². The van der Waals surface area contributed by atoms with E-state index in [2.05, 4.69) is 241 Å². The van der Waals surface area contributed by atoms with Crippen molar-refractivity contribution in [3.05, 3.63) is 248 Å². The highest BCUT2D eigenvalue weighted by molar-refractivity contribution is 6.10. The monoisotopic (exact) mass is 941 g/mol. The molecule has 0 atom stereocenters. The van der Waals surface area contributed by atoms with E-state index in [-0.39, 0.29) is 0 Å². The van der Waals surface area contributed by atoms with Crippen molar-refractivity contribution < 1.29 is 1.37 Å². The Morgan fingerprint density at radius 3 is 1.16 bits per heavy atom. The van der Waals surface area contributed by atoms with Crippen molar-refractivity contribution >= 4 is 21.8 Å². The molecule has 0 saturated heterocycles. The molecule has 1 saturated carbocycles. The largest absolute Gasteiger partial charge is 0.309 e. The van der Waals surface area contributed by atoms with Crippen LogP contribution >= 0.6 is 0 Å². The molecule has 0 radical (unpaired) electrons. The van der Waals surface area contributed by atoms with Gasteiger partial charge in [0, 0.05) is 17.8 Å². The SMILES string of the molecule is [2H]C1(c2c(-c3ccc4c(c3)-c3ccccc3-c3ccccc3-c3ccccc3-4)cccc2-c2ccc3c(c2)-c2ccc(C#N)cc2-c2ccccc2-c2cc(-n4c5ccccc5c5ccccc54)ccc2-3)CCCC1. The molecule has 346 valence electrons. The van der Waals surface area contributed by atoms with Crippen molar-refractivity contribution in [2.45, 2.75) is 31.6 Å². The second kappa shape index (κ2) is 16.9. The molecule has 0 N–H and O–H groups in total. The number of fused-ring (bicyclic) bond motifs is 19. The minimum absolute atomic E-state index is 0.625. The normalized spacial score (nSPS) is 13.7. The summed E-state index contributed by atoms with van der Waals surface area (Å²) in [5.74, 6) is -0.779. The van der Waals surface area contributed by atoms with E-state index < -0.39 is 5.89 Å². The lowest BCUT2D eigenvalue weighted by molar-refractivity contribution is 0.727. The Morgan fingerprint density at radius 1 is 0.338 bits per heavy atom. The Kier molecular flexibility index (Phi) is 9.45. The minimum atomic E-state index is -0.779. The lowest BCUT2D eigenvalue weighted by Gasteiger charge is -2.26. The number of rotatable bonds is 4. The Balaban J connectivity index is 0.954. The predicted molar refractivity (Wildman–Crippen MR) is 308 cm³/mol. The molecule has 15 rings (SSSR count). The molecule has 2 heteroatoms. The Labute approximate surface area is 433 Å². The van der Waals surface area contributed by atoms with Gasteiger partial charge in [0.05, 0.1) is 22.7 Å². The van der Waals surface area contributed by atoms with Gasteiger partial charge in [-0.05, 0) is 184 Å². The van der Waals surface area contributed by atoms with Crippen LogP contribution in [0.1, 0.15) is 44.1 Å². The summed E-state index contributed by atoms with van der Waals surface area (Å²) in [6.45, 7) is 0. The average molecular weight is 942 g/mol. The van der Waals surface area contributed by atoms with E-state index in [0.29, 0.717) is 5.56 Å². The van der Waals surface area contributed by atoms with Crippen LogP contribution in [0.4, 0.5) is 0 Å². The molecular weight excluding hydrogens is 893 g/mol. The van der Waals surface area contributed by atoms with Gasteiger partial charge in [-0.1, -0.05) is 201 Å². The van der Waals surface area contributed by atoms with Gasteiger partial charge in [-0.25, -0.2) is 0 Å². The highest BCUT2D eigenvalue weighted by Gasteiger charge is 2.29. The lowest BCUT2D eigenvalue weighted by atomic mass is 9.77. The van der Waals surface area contributed by atoms with Gasteiger partial charge in [-0.2, -0.15) is 5.26 Å². The third-order valence-corrected chi connectivity index (χ3v) is 16.3. The van der Waals surface area contributed by atoms with Crippen molar-refractivity contribution in [2.75, 3.05) is 0 Å². The fourth-order valence-corrected chi connectivity index (χ4v) is 13.0. The zero-order chi connectivity index (χ0) is 49.8. The second-order valence-electron chi connectivity index (χ2n) is 20.2. The first-order valence-electron chi connectivity index (χ1n) is 26.5. The van der Waals surface area contributed by atoms with Crippen LogP contribution in [0.2, 0.25) is 0 Å². The summed E-state index contributed by atoms with van der Waals surface area (Å²) in [5, 5.41) is 12.9. The molecule has 1 fully saturated rings. The molecule has 74 heavy (non-hydrogen) atoms. The van der Waals surface area contributed by atoms with Gasteiger partial charge in [0.25, 0.3) is 0 Å². The minimum Gasteiger partial charge on any atom is -0.309 e. The molecule has 3 aliphatic carbocycles. The summed E-state index contributed by atoms with van der Waals surface area (Å²) in [4.78, 5) is 0. The maximum absolute atomic E-state index is 10.5. The zero-order valence-electron chi connectivity index (χ0n) is 41.7. The van der Waals surface area contributed by atoms with Crippen molar-refractivity contribution in [1.82, 2.24) is 4.57 Å². The average Bonchev–Trinajstić information content (AvgIpc) is 4.07. The Bertz CT molecular complexity index is 4340. The van der Waals surface area contributed by atoms with E-state index in [0.717, 1.165) is 104 Å². The summed E-state index contributed by atoms with van der Waals surface area (Å²) in [7, 11) is 0. The van der Waals surface area contributed by atoms with E-state index >= 15 is 0 Å². The van der Waals surface area contributed by atoms with Crippen LogP contribution in [0.25, 0.3) is 139 Å². The summed E-state index contributed by atoms with van der Waals surface area (Å²) < 4.78 is 12.9. The van der Waals surface area contributed by atoms with Gasteiger partial charge in [0.15, 0.2) is 0 Å². The van der Waals surface area contributed by atoms with Gasteiger partial charge < -0.3 is 4.57 Å². The van der Waals surface area contributed by atoms with E-state index in [9.17, 15) is 6.63 Å². The van der Waals surface area contributed by atoms with Gasteiger partial charge in [-0.15, -0.1) is 0 Å². The van der Waals surface area contributed by atoms with Crippen molar-refractivity contribution in [1.29, 1.82) is 5.26 Å². The summed E-state index contributed by atoms with van der Waals surface area (Å²) in [6, 6.07) is 89.0. The van der Waals surface area contributed by atoms with Crippen LogP contribution in [0.3, 0.4) is 0 Å². The maximum Gasteiger partial charge on any atom is 0.0991 e. The molecule has 0 aliphatic heterocycles. The molecule has 11 aromatic carbocycles. The number of aromatic nitrogens is 1. The summed E-state index contributed by atoms with van der Waals surface area (Å²) in [5.41, 5.74) is 28.2. The molecule has 0 amide bonds. The standard InChI is InChI=1S/C72H48N2/c73-44-45-32-36-63-66(40-45)58-24-9-10-25-59(58)69-43-49(74-70-30-13-11-26-64(70)65-27-12-14-31-71(65)74)35-39-62(69)61-38-34-48(42-68(61)63)51-29-15-28-50(72(51)46-16-1-2-17-46)47-33-37-60-56-22-6-5-20-54(56)52-18-3-4-19-53(52)55-21-7-8-23-57(55)67(60)41-47/h3-15,18-43,46H,1-2,16-17H2/i46D. The third kappa shape index (κ3) is 6.50. The smallest absolute Gasteiger partial charge is 0.0991 e.